The van der Waals surface area contributed by atoms with E-state index in [0.717, 1.165) is 39.3 Å². The Balaban J connectivity index is 1.21. The summed E-state index contributed by atoms with van der Waals surface area (Å²) in [5, 5.41) is 10.2. The molecule has 0 amide bonds. The highest BCUT2D eigenvalue weighted by Gasteiger charge is 2.41. The van der Waals surface area contributed by atoms with Crippen molar-refractivity contribution in [2.75, 3.05) is 0 Å². The van der Waals surface area contributed by atoms with Gasteiger partial charge in [-0.1, -0.05) is 188 Å². The first kappa shape index (κ1) is 33.0. The van der Waals surface area contributed by atoms with E-state index in [1.807, 2.05) is 6.07 Å². The first-order valence-corrected chi connectivity index (χ1v) is 21.4. The lowest BCUT2D eigenvalue weighted by molar-refractivity contribution is 0.994. The molecule has 5 heteroatoms. The Bertz CT molecular complexity index is 3080. The van der Waals surface area contributed by atoms with Gasteiger partial charge in [-0.15, -0.1) is 0 Å². The highest BCUT2D eigenvalue weighted by molar-refractivity contribution is 7.20. The maximum Gasteiger partial charge on any atom is 0.179 e. The second-order valence-corrected chi connectivity index (χ2v) is 18.4. The van der Waals surface area contributed by atoms with Crippen molar-refractivity contribution in [2.45, 2.75) is 0 Å². The summed E-state index contributed by atoms with van der Waals surface area (Å²) < 4.78 is 4.62. The Morgan fingerprint density at radius 3 is 1.12 bits per heavy atom. The molecule has 0 bridgehead atoms. The van der Waals surface area contributed by atoms with E-state index in [2.05, 4.69) is 221 Å². The number of para-hydroxylation sites is 3. The maximum absolute atomic E-state index is 5.38. The quantitative estimate of drug-likeness (QED) is 0.120. The Hall–Kier alpha value is -7.34. The Morgan fingerprint density at radius 1 is 0.298 bits per heavy atom. The number of aromatic nitrogens is 4. The van der Waals surface area contributed by atoms with Crippen LogP contribution in [0.5, 0.6) is 0 Å². The van der Waals surface area contributed by atoms with Crippen LogP contribution in [0.3, 0.4) is 0 Å². The molecule has 0 atom stereocenters. The van der Waals surface area contributed by atoms with E-state index in [4.69, 9.17) is 9.97 Å². The predicted molar refractivity (Wildman–Crippen MR) is 240 cm³/mol. The molecule has 0 saturated carbocycles. The fraction of sp³-hybridized carbons (Fsp3) is 0. The average molecular weight is 745 g/mol. The summed E-state index contributed by atoms with van der Waals surface area (Å²) >= 11 is 0. The van der Waals surface area contributed by atoms with Gasteiger partial charge in [-0.05, 0) is 45.0 Å². The summed E-state index contributed by atoms with van der Waals surface area (Å²) in [6.07, 6.45) is 0. The van der Waals surface area contributed by atoms with Crippen molar-refractivity contribution in [2.24, 2.45) is 0 Å². The van der Waals surface area contributed by atoms with Crippen LogP contribution in [-0.2, 0) is 0 Å². The minimum Gasteiger partial charge on any atom is -0.294 e. The molecule has 0 unspecified atom stereocenters. The Labute approximate surface area is 331 Å². The second kappa shape index (κ2) is 13.4. The minimum absolute atomic E-state index is 0.677. The molecule has 0 aliphatic heterocycles. The zero-order valence-corrected chi connectivity index (χ0v) is 32.1. The van der Waals surface area contributed by atoms with E-state index >= 15 is 0 Å². The highest BCUT2D eigenvalue weighted by Crippen LogP contribution is 2.35. The monoisotopic (exact) mass is 744 g/mol. The van der Waals surface area contributed by atoms with Crippen LogP contribution in [0.15, 0.2) is 218 Å². The van der Waals surface area contributed by atoms with Gasteiger partial charge < -0.3 is 0 Å². The Morgan fingerprint density at radius 2 is 0.667 bits per heavy atom. The van der Waals surface area contributed by atoms with Crippen molar-refractivity contribution in [3.8, 4) is 23.0 Å². The molecule has 3 heterocycles. The highest BCUT2D eigenvalue weighted by atomic mass is 28.3. The molecular formula is C52H36N4Si. The first-order valence-electron chi connectivity index (χ1n) is 19.4. The van der Waals surface area contributed by atoms with Crippen LogP contribution in [0.1, 0.15) is 0 Å². The lowest BCUT2D eigenvalue weighted by Gasteiger charge is -2.34. The van der Waals surface area contributed by atoms with Crippen LogP contribution in [0.4, 0.5) is 0 Å². The van der Waals surface area contributed by atoms with Crippen LogP contribution in [0.25, 0.3) is 66.6 Å². The summed E-state index contributed by atoms with van der Waals surface area (Å²) in [6, 6.07) is 79.0. The average Bonchev–Trinajstić information content (AvgIpc) is 3.81. The van der Waals surface area contributed by atoms with Gasteiger partial charge in [-0.25, -0.2) is 9.97 Å². The molecule has 0 radical (unpaired) electrons. The summed E-state index contributed by atoms with van der Waals surface area (Å²) in [7, 11) is -2.76. The van der Waals surface area contributed by atoms with Crippen molar-refractivity contribution in [1.82, 2.24) is 19.1 Å². The number of rotatable bonds is 7. The third-order valence-corrected chi connectivity index (χ3v) is 16.3. The van der Waals surface area contributed by atoms with E-state index in [1.165, 1.54) is 42.3 Å². The topological polar surface area (TPSA) is 35.6 Å². The molecule has 0 aliphatic carbocycles. The van der Waals surface area contributed by atoms with Crippen molar-refractivity contribution >= 4 is 72.4 Å². The molecule has 0 fully saturated rings. The van der Waals surface area contributed by atoms with Gasteiger partial charge in [0.05, 0.1) is 22.1 Å². The zero-order valence-electron chi connectivity index (χ0n) is 31.1. The van der Waals surface area contributed by atoms with Gasteiger partial charge in [-0.3, -0.25) is 9.13 Å². The lowest BCUT2D eigenvalue weighted by atomic mass is 10.1. The van der Waals surface area contributed by atoms with Crippen LogP contribution in [-0.4, -0.2) is 27.2 Å². The predicted octanol–water partition coefficient (Wildman–Crippen LogP) is 9.72. The number of fused-ring (bicyclic) bond motifs is 6. The van der Waals surface area contributed by atoms with Crippen molar-refractivity contribution < 1.29 is 0 Å². The van der Waals surface area contributed by atoms with Gasteiger partial charge in [0, 0.05) is 33.2 Å². The largest absolute Gasteiger partial charge is 0.294 e. The number of benzene rings is 8. The van der Waals surface area contributed by atoms with Gasteiger partial charge >= 0.3 is 0 Å². The van der Waals surface area contributed by atoms with Crippen molar-refractivity contribution in [3.63, 3.8) is 0 Å². The number of hydrogen-bond acceptors (Lipinski definition) is 2. The summed E-state index contributed by atoms with van der Waals surface area (Å²) in [6.45, 7) is 0. The van der Waals surface area contributed by atoms with Gasteiger partial charge in [0.15, 0.2) is 13.9 Å². The minimum atomic E-state index is -2.76. The van der Waals surface area contributed by atoms with Crippen LogP contribution in [0.2, 0.25) is 0 Å². The zero-order chi connectivity index (χ0) is 37.8. The van der Waals surface area contributed by atoms with Gasteiger partial charge in [0.2, 0.25) is 0 Å². The molecule has 11 rings (SSSR count). The summed E-state index contributed by atoms with van der Waals surface area (Å²) in [4.78, 5) is 10.7. The molecule has 4 nitrogen and oxygen atoms in total. The Kier molecular flexibility index (Phi) is 7.79. The summed E-state index contributed by atoms with van der Waals surface area (Å²) in [5.74, 6) is 2.32. The number of nitrogens with zero attached hydrogens (tertiary/aromatic N) is 4. The molecule has 0 aliphatic rings. The lowest BCUT2D eigenvalue weighted by Crippen LogP contribution is -2.74. The van der Waals surface area contributed by atoms with Gasteiger partial charge in [0.25, 0.3) is 0 Å². The van der Waals surface area contributed by atoms with Crippen LogP contribution >= 0.6 is 0 Å². The fourth-order valence-corrected chi connectivity index (χ4v) is 13.8. The normalized spacial score (nSPS) is 11.9. The molecule has 0 spiro atoms. The van der Waals surface area contributed by atoms with Crippen LogP contribution < -0.4 is 20.7 Å². The standard InChI is InChI=1S/C52H36N4Si/c1-5-19-37(20-6-1)52-53-50(55-46-30-16-13-27-42(46)43-28-14-17-31-47(43)55)36-51(54-52)56-48-32-18-15-29-44(48)45-35-41(33-34-49(45)56)57(38-21-7-2-8-22-38,39-23-9-3-10-24-39)40-25-11-4-12-26-40/h1-36H. The molecular weight excluding hydrogens is 709 g/mol. The number of hydrogen-bond donors (Lipinski definition) is 0. The molecule has 268 valence electrons. The smallest absolute Gasteiger partial charge is 0.179 e. The van der Waals surface area contributed by atoms with Gasteiger partial charge in [0.1, 0.15) is 11.6 Å². The van der Waals surface area contributed by atoms with Gasteiger partial charge in [-0.2, -0.15) is 0 Å². The van der Waals surface area contributed by atoms with E-state index < -0.39 is 8.07 Å². The summed E-state index contributed by atoms with van der Waals surface area (Å²) in [5.41, 5.74) is 5.38. The first-order chi connectivity index (χ1) is 28.3. The maximum atomic E-state index is 5.38. The molecule has 3 aromatic heterocycles. The van der Waals surface area contributed by atoms with Crippen molar-refractivity contribution in [3.05, 3.63) is 218 Å². The third kappa shape index (κ3) is 5.20. The SMILES string of the molecule is c1ccc(-c2nc(-n3c4ccccc4c4ccccc43)cc(-n3c4ccccc4c4cc([Si](c5ccccc5)(c5ccccc5)c5ccccc5)ccc43)n2)cc1. The molecule has 0 saturated heterocycles. The van der Waals surface area contributed by atoms with Crippen LogP contribution in [0, 0.1) is 0 Å². The molecule has 57 heavy (non-hydrogen) atoms. The van der Waals surface area contributed by atoms with E-state index in [0.29, 0.717) is 5.82 Å². The van der Waals surface area contributed by atoms with E-state index in [9.17, 15) is 0 Å². The molecule has 8 aromatic carbocycles. The second-order valence-electron chi connectivity index (χ2n) is 14.6. The fourth-order valence-electron chi connectivity index (χ4n) is 9.05. The molecule has 0 N–H and O–H groups in total. The molecule has 11 aromatic rings. The van der Waals surface area contributed by atoms with E-state index in [1.54, 1.807) is 0 Å². The third-order valence-electron chi connectivity index (χ3n) is 11.5. The van der Waals surface area contributed by atoms with E-state index in [-0.39, 0.29) is 0 Å². The van der Waals surface area contributed by atoms with Crippen molar-refractivity contribution in [1.29, 1.82) is 0 Å².